The molecule has 0 aromatic carbocycles. The van der Waals surface area contributed by atoms with Crippen molar-refractivity contribution in [3.63, 3.8) is 0 Å². The van der Waals surface area contributed by atoms with Crippen LogP contribution >= 0.6 is 34.9 Å². The summed E-state index contributed by atoms with van der Waals surface area (Å²) in [7, 11) is 0. The number of aromatic nitrogens is 2. The van der Waals surface area contributed by atoms with E-state index in [1.165, 1.54) is 0 Å². The van der Waals surface area contributed by atoms with Crippen LogP contribution in [0.4, 0.5) is 0 Å². The molecule has 2 fully saturated rings. The highest BCUT2D eigenvalue weighted by molar-refractivity contribution is 6.99. The van der Waals surface area contributed by atoms with Gasteiger partial charge in [-0.05, 0) is 18.9 Å². The van der Waals surface area contributed by atoms with Crippen LogP contribution in [-0.2, 0) is 4.87 Å². The lowest BCUT2D eigenvalue weighted by atomic mass is 9.89. The van der Waals surface area contributed by atoms with Crippen LogP contribution < -0.4 is 0 Å². The van der Waals surface area contributed by atoms with E-state index in [2.05, 4.69) is 13.6 Å². The van der Waals surface area contributed by atoms with Crippen molar-refractivity contribution in [3.8, 4) is 0 Å². The minimum atomic E-state index is -0.373. The van der Waals surface area contributed by atoms with E-state index in [0.717, 1.165) is 43.5 Å². The molecule has 0 N–H and O–H groups in total. The van der Waals surface area contributed by atoms with Gasteiger partial charge < -0.3 is 4.90 Å². The van der Waals surface area contributed by atoms with Crippen LogP contribution in [0.2, 0.25) is 5.15 Å². The maximum Gasteiger partial charge on any atom is 0.167 e. The third kappa shape index (κ3) is 1.14. The zero-order valence-corrected chi connectivity index (χ0v) is 9.74. The highest BCUT2D eigenvalue weighted by Gasteiger charge is 2.52. The van der Waals surface area contributed by atoms with Crippen molar-refractivity contribution in [2.45, 2.75) is 11.3 Å². The van der Waals surface area contributed by atoms with Crippen LogP contribution in [0.3, 0.4) is 0 Å². The predicted octanol–water partition coefficient (Wildman–Crippen LogP) is 1.96. The summed E-state index contributed by atoms with van der Waals surface area (Å²) < 4.78 is 8.21. The van der Waals surface area contributed by atoms with E-state index in [1.807, 2.05) is 0 Å². The van der Waals surface area contributed by atoms with E-state index in [9.17, 15) is 0 Å². The number of alkyl halides is 1. The molecule has 0 radical (unpaired) electrons. The Labute approximate surface area is 96.3 Å². The van der Waals surface area contributed by atoms with E-state index >= 15 is 0 Å². The first-order valence-corrected chi connectivity index (χ1v) is 6.08. The fourth-order valence-corrected chi connectivity index (χ4v) is 3.96. The lowest BCUT2D eigenvalue weighted by molar-refractivity contribution is 0.321. The first kappa shape index (κ1) is 9.33. The monoisotopic (exact) mass is 249 g/mol. The number of piperidine rings is 1. The first-order chi connectivity index (χ1) is 6.70. The molecule has 2 bridgehead atoms. The van der Waals surface area contributed by atoms with Crippen molar-refractivity contribution in [3.05, 3.63) is 10.8 Å². The largest absolute Gasteiger partial charge is 0.301 e. The highest BCUT2D eigenvalue weighted by atomic mass is 35.5. The van der Waals surface area contributed by atoms with Gasteiger partial charge in [-0.3, -0.25) is 0 Å². The van der Waals surface area contributed by atoms with E-state index in [1.54, 1.807) is 0 Å². The molecule has 6 heteroatoms. The summed E-state index contributed by atoms with van der Waals surface area (Å²) in [6.07, 6.45) is 1.15. The van der Waals surface area contributed by atoms with Gasteiger partial charge in [-0.2, -0.15) is 8.75 Å². The van der Waals surface area contributed by atoms with Crippen molar-refractivity contribution in [2.75, 3.05) is 19.6 Å². The number of halogens is 2. The van der Waals surface area contributed by atoms with Gasteiger partial charge in [0.15, 0.2) is 5.15 Å². The summed E-state index contributed by atoms with van der Waals surface area (Å²) in [5.74, 6) is 0.491. The molecule has 76 valence electrons. The average molecular weight is 250 g/mol. The minimum absolute atomic E-state index is 0.373. The van der Waals surface area contributed by atoms with Gasteiger partial charge in [0.2, 0.25) is 0 Å². The van der Waals surface area contributed by atoms with Crippen LogP contribution in [0.15, 0.2) is 0 Å². The third-order valence-electron chi connectivity index (χ3n) is 3.22. The standard InChI is InChI=1S/C8H9Cl2N3S/c9-7-6(11-14-12-7)8(10)4-13-2-1-5(8)3-13/h5H,1-4H2. The van der Waals surface area contributed by atoms with Crippen molar-refractivity contribution < 1.29 is 0 Å². The fraction of sp³-hybridized carbons (Fsp3) is 0.750. The van der Waals surface area contributed by atoms with Gasteiger partial charge >= 0.3 is 0 Å². The van der Waals surface area contributed by atoms with Crippen LogP contribution in [0.1, 0.15) is 12.1 Å². The van der Waals surface area contributed by atoms with E-state index in [0.29, 0.717) is 11.1 Å². The molecule has 0 spiro atoms. The smallest absolute Gasteiger partial charge is 0.167 e. The topological polar surface area (TPSA) is 29.0 Å². The Kier molecular flexibility index (Phi) is 2.03. The Morgan fingerprint density at radius 2 is 2.36 bits per heavy atom. The van der Waals surface area contributed by atoms with Crippen LogP contribution in [-0.4, -0.2) is 33.3 Å². The lowest BCUT2D eigenvalue weighted by Crippen LogP contribution is -2.35. The van der Waals surface area contributed by atoms with Crippen LogP contribution in [0.25, 0.3) is 0 Å². The van der Waals surface area contributed by atoms with Crippen molar-refractivity contribution in [1.29, 1.82) is 0 Å². The molecule has 3 atom stereocenters. The van der Waals surface area contributed by atoms with E-state index in [-0.39, 0.29) is 4.87 Å². The fourth-order valence-electron chi connectivity index (χ4n) is 2.50. The molecular formula is C8H9Cl2N3S. The second kappa shape index (κ2) is 3.04. The summed E-state index contributed by atoms with van der Waals surface area (Å²) >= 11 is 13.7. The Balaban J connectivity index is 2.02. The maximum absolute atomic E-state index is 6.62. The van der Waals surface area contributed by atoms with Gasteiger partial charge in [0.05, 0.1) is 11.7 Å². The van der Waals surface area contributed by atoms with Gasteiger partial charge in [0, 0.05) is 13.1 Å². The molecule has 3 heterocycles. The van der Waals surface area contributed by atoms with Gasteiger partial charge in [-0.1, -0.05) is 11.6 Å². The summed E-state index contributed by atoms with van der Waals surface area (Å²) in [5, 5.41) is 0.485. The zero-order chi connectivity index (χ0) is 9.76. The number of nitrogens with zero attached hydrogens (tertiary/aromatic N) is 3. The molecule has 2 saturated heterocycles. The molecule has 3 rings (SSSR count). The molecule has 0 aliphatic carbocycles. The highest BCUT2D eigenvalue weighted by Crippen LogP contribution is 2.49. The van der Waals surface area contributed by atoms with Crippen molar-refractivity contribution in [2.24, 2.45) is 5.92 Å². The van der Waals surface area contributed by atoms with Gasteiger partial charge in [0.25, 0.3) is 0 Å². The molecule has 1 aromatic rings. The Morgan fingerprint density at radius 1 is 1.50 bits per heavy atom. The Hall–Kier alpha value is 0.1000. The summed E-state index contributed by atoms with van der Waals surface area (Å²) in [6, 6.07) is 0. The molecule has 0 saturated carbocycles. The second-order valence-electron chi connectivity index (χ2n) is 3.99. The molecule has 14 heavy (non-hydrogen) atoms. The Bertz CT molecular complexity index is 369. The first-order valence-electron chi connectivity index (χ1n) is 4.60. The molecule has 2 aliphatic heterocycles. The van der Waals surface area contributed by atoms with Gasteiger partial charge in [-0.25, -0.2) is 0 Å². The Morgan fingerprint density at radius 3 is 2.86 bits per heavy atom. The SMILES string of the molecule is Clc1nsnc1C1(Cl)CN2CCC1C2. The molecular weight excluding hydrogens is 241 g/mol. The van der Waals surface area contributed by atoms with Crippen molar-refractivity contribution >= 4 is 34.9 Å². The van der Waals surface area contributed by atoms with E-state index < -0.39 is 0 Å². The van der Waals surface area contributed by atoms with Crippen LogP contribution in [0, 0.1) is 5.92 Å². The number of hydrogen-bond donors (Lipinski definition) is 0. The number of rotatable bonds is 1. The van der Waals surface area contributed by atoms with Gasteiger partial charge in [-0.15, -0.1) is 11.6 Å². The maximum atomic E-state index is 6.62. The number of hydrogen-bond acceptors (Lipinski definition) is 4. The predicted molar refractivity (Wildman–Crippen MR) is 57.0 cm³/mol. The van der Waals surface area contributed by atoms with Crippen LogP contribution in [0.5, 0.6) is 0 Å². The lowest BCUT2D eigenvalue weighted by Gasteiger charge is -2.29. The number of fused-ring (bicyclic) bond motifs is 2. The minimum Gasteiger partial charge on any atom is -0.301 e. The van der Waals surface area contributed by atoms with Crippen molar-refractivity contribution in [1.82, 2.24) is 13.6 Å². The second-order valence-corrected chi connectivity index (χ2v) is 5.55. The van der Waals surface area contributed by atoms with E-state index in [4.69, 9.17) is 23.2 Å². The molecule has 3 unspecified atom stereocenters. The van der Waals surface area contributed by atoms with Gasteiger partial charge in [0.1, 0.15) is 10.6 Å². The average Bonchev–Trinajstić information content (AvgIpc) is 2.78. The molecule has 1 aromatic heterocycles. The summed E-state index contributed by atoms with van der Waals surface area (Å²) in [6.45, 7) is 3.11. The summed E-state index contributed by atoms with van der Waals surface area (Å²) in [4.78, 5) is 2.00. The molecule has 0 amide bonds. The zero-order valence-electron chi connectivity index (χ0n) is 7.41. The third-order valence-corrected chi connectivity index (χ3v) is 4.71. The summed E-state index contributed by atoms with van der Waals surface area (Å²) in [5.41, 5.74) is 0.790. The quantitative estimate of drug-likeness (QED) is 0.713. The molecule has 2 aliphatic rings. The normalized spacial score (nSPS) is 40.7. The molecule has 3 nitrogen and oxygen atoms in total.